The minimum absolute atomic E-state index is 0.0770. The number of primary amides is 1. The van der Waals surface area contributed by atoms with Crippen molar-refractivity contribution >= 4 is 11.9 Å². The summed E-state index contributed by atoms with van der Waals surface area (Å²) in [7, 11) is 0. The number of carbonyl (C=O) groups is 2. The van der Waals surface area contributed by atoms with Crippen LogP contribution in [0.3, 0.4) is 0 Å². The molecule has 0 fully saturated rings. The van der Waals surface area contributed by atoms with Gasteiger partial charge in [0.15, 0.2) is 0 Å². The molecule has 0 aliphatic carbocycles. The minimum Gasteiger partial charge on any atom is -0.462 e. The quantitative estimate of drug-likeness (QED) is 0.387. The molecule has 0 radical (unpaired) electrons. The summed E-state index contributed by atoms with van der Waals surface area (Å²) < 4.78 is 9.38. The van der Waals surface area contributed by atoms with E-state index in [0.717, 1.165) is 0 Å². The number of esters is 1. The molecule has 4 N–H and O–H groups in total. The Labute approximate surface area is 76.2 Å². The highest BCUT2D eigenvalue weighted by atomic mass is 16.6. The van der Waals surface area contributed by atoms with Gasteiger partial charge in [0.2, 0.25) is 5.91 Å². The second-order valence-electron chi connectivity index (χ2n) is 2.48. The lowest BCUT2D eigenvalue weighted by Gasteiger charge is -2.06. The molecule has 0 aliphatic rings. The van der Waals surface area contributed by atoms with Crippen LogP contribution in [0, 0.1) is 0 Å². The molecule has 0 aliphatic heterocycles. The van der Waals surface area contributed by atoms with Crippen LogP contribution in [0.5, 0.6) is 0 Å². The molecule has 0 heterocycles. The van der Waals surface area contributed by atoms with Crippen LogP contribution in [0.4, 0.5) is 0 Å². The predicted molar refractivity (Wildman–Crippen MR) is 44.6 cm³/mol. The topological polar surface area (TPSA) is 105 Å². The molecule has 13 heavy (non-hydrogen) atoms. The zero-order valence-electron chi connectivity index (χ0n) is 7.49. The molecule has 1 atom stereocenters. The molecule has 0 aromatic rings. The van der Waals surface area contributed by atoms with Crippen molar-refractivity contribution in [3.05, 3.63) is 0 Å². The maximum absolute atomic E-state index is 10.7. The van der Waals surface area contributed by atoms with Gasteiger partial charge in [0, 0.05) is 0 Å². The fraction of sp³-hybridized carbons (Fsp3) is 0.714. The molecule has 0 rings (SSSR count). The van der Waals surface area contributed by atoms with E-state index in [1.807, 2.05) is 0 Å². The summed E-state index contributed by atoms with van der Waals surface area (Å²) >= 11 is 0. The van der Waals surface area contributed by atoms with Gasteiger partial charge in [-0.25, -0.2) is 0 Å². The number of hydrogen-bond donors (Lipinski definition) is 2. The van der Waals surface area contributed by atoms with Gasteiger partial charge in [-0.05, 0) is 6.92 Å². The summed E-state index contributed by atoms with van der Waals surface area (Å²) in [5.74, 6) is -1.05. The van der Waals surface area contributed by atoms with Crippen molar-refractivity contribution in [2.45, 2.75) is 13.0 Å². The van der Waals surface area contributed by atoms with E-state index in [2.05, 4.69) is 4.74 Å². The third-order valence-corrected chi connectivity index (χ3v) is 1.09. The maximum Gasteiger partial charge on any atom is 0.322 e. The van der Waals surface area contributed by atoms with E-state index in [1.165, 1.54) is 6.92 Å². The van der Waals surface area contributed by atoms with Gasteiger partial charge >= 0.3 is 5.97 Å². The molecule has 0 aromatic heterocycles. The molecule has 76 valence electrons. The van der Waals surface area contributed by atoms with Gasteiger partial charge < -0.3 is 20.9 Å². The highest BCUT2D eigenvalue weighted by Crippen LogP contribution is 1.84. The summed E-state index contributed by atoms with van der Waals surface area (Å²) in [6.45, 7) is 1.57. The first-order valence-electron chi connectivity index (χ1n) is 3.82. The molecule has 0 spiro atoms. The Bertz CT molecular complexity index is 181. The third kappa shape index (κ3) is 7.23. The number of nitrogens with two attached hydrogens (primary N) is 2. The lowest BCUT2D eigenvalue weighted by molar-refractivity contribution is -0.146. The lowest BCUT2D eigenvalue weighted by Crippen LogP contribution is -2.30. The van der Waals surface area contributed by atoms with E-state index in [-0.39, 0.29) is 19.8 Å². The van der Waals surface area contributed by atoms with Crippen LogP contribution in [0.2, 0.25) is 0 Å². The highest BCUT2D eigenvalue weighted by molar-refractivity contribution is 5.75. The van der Waals surface area contributed by atoms with E-state index >= 15 is 0 Å². The fourth-order valence-corrected chi connectivity index (χ4v) is 0.505. The van der Waals surface area contributed by atoms with Crippen molar-refractivity contribution in [1.29, 1.82) is 0 Å². The van der Waals surface area contributed by atoms with Crippen molar-refractivity contribution in [3.63, 3.8) is 0 Å². The Morgan fingerprint density at radius 3 is 2.46 bits per heavy atom. The van der Waals surface area contributed by atoms with Crippen molar-refractivity contribution < 1.29 is 19.1 Å². The first-order valence-corrected chi connectivity index (χ1v) is 3.82. The Morgan fingerprint density at radius 1 is 1.38 bits per heavy atom. The highest BCUT2D eigenvalue weighted by Gasteiger charge is 2.07. The minimum atomic E-state index is -0.642. The normalized spacial score (nSPS) is 12.2. The standard InChI is InChI=1S/C7H14N2O4/c1-5(8)7(11)13-3-2-12-4-6(9)10/h5H,2-4,8H2,1H3,(H2,9,10)/t5-/m0/s1. The molecule has 0 aromatic carbocycles. The van der Waals surface area contributed by atoms with Crippen LogP contribution in [0.1, 0.15) is 6.92 Å². The van der Waals surface area contributed by atoms with E-state index in [9.17, 15) is 9.59 Å². The predicted octanol–water partition coefficient (Wildman–Crippen LogP) is -1.62. The van der Waals surface area contributed by atoms with Gasteiger partial charge in [0.25, 0.3) is 0 Å². The zero-order chi connectivity index (χ0) is 10.3. The van der Waals surface area contributed by atoms with Crippen molar-refractivity contribution in [3.8, 4) is 0 Å². The number of rotatable bonds is 6. The van der Waals surface area contributed by atoms with Gasteiger partial charge in [-0.3, -0.25) is 9.59 Å². The van der Waals surface area contributed by atoms with Gasteiger partial charge in [-0.1, -0.05) is 0 Å². The second-order valence-corrected chi connectivity index (χ2v) is 2.48. The molecular formula is C7H14N2O4. The average Bonchev–Trinajstić information content (AvgIpc) is 2.02. The van der Waals surface area contributed by atoms with Crippen molar-refractivity contribution in [2.75, 3.05) is 19.8 Å². The molecular weight excluding hydrogens is 176 g/mol. The average molecular weight is 190 g/mol. The SMILES string of the molecule is C[C@H](N)C(=O)OCCOCC(N)=O. The van der Waals surface area contributed by atoms with Gasteiger partial charge in [0.05, 0.1) is 6.61 Å². The summed E-state index contributed by atoms with van der Waals surface area (Å²) in [6, 6.07) is -0.642. The number of hydrogen-bond acceptors (Lipinski definition) is 5. The number of amides is 1. The zero-order valence-corrected chi connectivity index (χ0v) is 7.49. The first-order chi connectivity index (χ1) is 6.04. The van der Waals surface area contributed by atoms with Gasteiger partial charge in [-0.2, -0.15) is 0 Å². The van der Waals surface area contributed by atoms with Crippen LogP contribution in [0.15, 0.2) is 0 Å². The third-order valence-electron chi connectivity index (χ3n) is 1.09. The molecule has 0 saturated carbocycles. The monoisotopic (exact) mass is 190 g/mol. The fourth-order valence-electron chi connectivity index (χ4n) is 0.505. The lowest BCUT2D eigenvalue weighted by atomic mass is 10.4. The van der Waals surface area contributed by atoms with Crippen LogP contribution in [-0.4, -0.2) is 37.7 Å². The smallest absolute Gasteiger partial charge is 0.322 e. The van der Waals surface area contributed by atoms with Crippen LogP contribution >= 0.6 is 0 Å². The second kappa shape index (κ2) is 6.38. The van der Waals surface area contributed by atoms with E-state index < -0.39 is 17.9 Å². The first kappa shape index (κ1) is 11.9. The summed E-state index contributed by atoms with van der Waals surface area (Å²) in [5.41, 5.74) is 10.0. The summed E-state index contributed by atoms with van der Waals surface area (Å²) in [6.07, 6.45) is 0. The summed E-state index contributed by atoms with van der Waals surface area (Å²) in [4.78, 5) is 20.9. The van der Waals surface area contributed by atoms with Gasteiger partial charge in [-0.15, -0.1) is 0 Å². The molecule has 1 amide bonds. The van der Waals surface area contributed by atoms with Gasteiger partial charge in [0.1, 0.15) is 19.3 Å². The molecule has 0 bridgehead atoms. The number of carbonyl (C=O) groups excluding carboxylic acids is 2. The van der Waals surface area contributed by atoms with E-state index in [4.69, 9.17) is 16.2 Å². The Kier molecular flexibility index (Phi) is 5.82. The Hall–Kier alpha value is -1.14. The molecule has 0 saturated heterocycles. The van der Waals surface area contributed by atoms with Crippen LogP contribution < -0.4 is 11.5 Å². The summed E-state index contributed by atoms with van der Waals surface area (Å²) in [5, 5.41) is 0. The van der Waals surface area contributed by atoms with E-state index in [1.54, 1.807) is 0 Å². The van der Waals surface area contributed by atoms with E-state index in [0.29, 0.717) is 0 Å². The number of ether oxygens (including phenoxy) is 2. The van der Waals surface area contributed by atoms with Crippen molar-refractivity contribution in [1.82, 2.24) is 0 Å². The Balaban J connectivity index is 3.26. The molecule has 6 heteroatoms. The molecule has 6 nitrogen and oxygen atoms in total. The largest absolute Gasteiger partial charge is 0.462 e. The Morgan fingerprint density at radius 2 is 2.00 bits per heavy atom. The van der Waals surface area contributed by atoms with Crippen LogP contribution in [-0.2, 0) is 19.1 Å². The van der Waals surface area contributed by atoms with Crippen LogP contribution in [0.25, 0.3) is 0 Å². The van der Waals surface area contributed by atoms with Crippen molar-refractivity contribution in [2.24, 2.45) is 11.5 Å². The maximum atomic E-state index is 10.7. The molecule has 0 unspecified atom stereocenters.